The van der Waals surface area contributed by atoms with Crippen molar-refractivity contribution >= 4 is 11.8 Å². The lowest BCUT2D eigenvalue weighted by molar-refractivity contribution is 0.593. The summed E-state index contributed by atoms with van der Waals surface area (Å²) in [7, 11) is 0. The molecule has 0 radical (unpaired) electrons. The molecule has 1 aromatic heterocycles. The van der Waals surface area contributed by atoms with Gasteiger partial charge in [0.05, 0.1) is 0 Å². The monoisotopic (exact) mass is 774 g/mol. The highest BCUT2D eigenvalue weighted by molar-refractivity contribution is 7.99. The Bertz CT molecular complexity index is 2840. The first-order chi connectivity index (χ1) is 29.0. The van der Waals surface area contributed by atoms with E-state index in [1.54, 1.807) is 18.1 Å². The maximum atomic E-state index is 4.76. The molecule has 0 fully saturated rings. The van der Waals surface area contributed by atoms with E-state index >= 15 is 0 Å². The van der Waals surface area contributed by atoms with E-state index in [2.05, 4.69) is 214 Å². The number of rotatable bonds is 7. The number of aromatic nitrogens is 2. The average molecular weight is 775 g/mol. The minimum atomic E-state index is -0.225. The molecule has 0 atom stereocenters. The van der Waals surface area contributed by atoms with Gasteiger partial charge in [-0.15, -0.1) is 0 Å². The SMILES string of the molecule is Cc1ccc2c(c1-c1ccc(-c3c(-c4ccccc4)c(-c4ccccc4)c(-c4ccccc4)c(-c4ccccc4)c3-c3ccccc3)cc1)Sc1ncncc1C2(C)C. The molecule has 0 unspecified atom stereocenters. The van der Waals surface area contributed by atoms with Crippen LogP contribution in [0.3, 0.4) is 0 Å². The Morgan fingerprint density at radius 1 is 0.373 bits per heavy atom. The second-order valence-electron chi connectivity index (χ2n) is 15.8. The van der Waals surface area contributed by atoms with Crippen LogP contribution in [0.25, 0.3) is 77.9 Å². The van der Waals surface area contributed by atoms with E-state index in [9.17, 15) is 0 Å². The first kappa shape index (κ1) is 36.5. The van der Waals surface area contributed by atoms with Crippen LogP contribution in [0, 0.1) is 6.92 Å². The van der Waals surface area contributed by atoms with Crippen LogP contribution in [0.15, 0.2) is 211 Å². The maximum absolute atomic E-state index is 4.76. The van der Waals surface area contributed by atoms with Gasteiger partial charge in [0.25, 0.3) is 0 Å². The summed E-state index contributed by atoms with van der Waals surface area (Å²) < 4.78 is 0. The molecule has 8 aromatic carbocycles. The summed E-state index contributed by atoms with van der Waals surface area (Å²) in [6.07, 6.45) is 3.65. The van der Waals surface area contributed by atoms with E-state index in [-0.39, 0.29) is 5.41 Å². The normalized spacial score (nSPS) is 12.7. The summed E-state index contributed by atoms with van der Waals surface area (Å²) in [6.45, 7) is 6.81. The highest BCUT2D eigenvalue weighted by Gasteiger charge is 2.36. The minimum absolute atomic E-state index is 0.225. The van der Waals surface area contributed by atoms with Crippen LogP contribution < -0.4 is 0 Å². The topological polar surface area (TPSA) is 25.8 Å². The number of benzene rings is 8. The van der Waals surface area contributed by atoms with Crippen molar-refractivity contribution in [3.8, 4) is 77.9 Å². The number of hydrogen-bond donors (Lipinski definition) is 0. The van der Waals surface area contributed by atoms with Crippen molar-refractivity contribution in [3.05, 3.63) is 217 Å². The van der Waals surface area contributed by atoms with Gasteiger partial charge in [0, 0.05) is 22.1 Å². The second kappa shape index (κ2) is 15.2. The van der Waals surface area contributed by atoms with Crippen molar-refractivity contribution in [2.45, 2.75) is 36.1 Å². The van der Waals surface area contributed by atoms with Crippen LogP contribution >= 0.6 is 11.8 Å². The molecule has 0 spiro atoms. The fourth-order valence-corrected chi connectivity index (χ4v) is 10.5. The van der Waals surface area contributed by atoms with Crippen LogP contribution in [0.4, 0.5) is 0 Å². The van der Waals surface area contributed by atoms with Gasteiger partial charge in [-0.3, -0.25) is 0 Å². The van der Waals surface area contributed by atoms with E-state index in [1.165, 1.54) is 93.9 Å². The third-order valence-corrected chi connectivity index (χ3v) is 13.0. The van der Waals surface area contributed by atoms with Crippen LogP contribution in [0.1, 0.15) is 30.5 Å². The molecule has 0 aliphatic carbocycles. The Labute approximate surface area is 351 Å². The van der Waals surface area contributed by atoms with Crippen molar-refractivity contribution in [1.29, 1.82) is 0 Å². The van der Waals surface area contributed by atoms with Crippen LogP contribution in [-0.2, 0) is 5.41 Å². The molecule has 3 heteroatoms. The number of fused-ring (bicyclic) bond motifs is 2. The number of aryl methyl sites for hydroxylation is 1. The summed E-state index contributed by atoms with van der Waals surface area (Å²) in [5.41, 5.74) is 20.3. The molecule has 1 aliphatic heterocycles. The fourth-order valence-electron chi connectivity index (χ4n) is 9.02. The molecule has 1 aliphatic rings. The number of hydrogen-bond acceptors (Lipinski definition) is 3. The van der Waals surface area contributed by atoms with Gasteiger partial charge in [-0.25, -0.2) is 9.97 Å². The molecular weight excluding hydrogens is 733 g/mol. The lowest BCUT2D eigenvalue weighted by atomic mass is 9.74. The minimum Gasteiger partial charge on any atom is -0.244 e. The van der Waals surface area contributed by atoms with Crippen molar-refractivity contribution < 1.29 is 0 Å². The van der Waals surface area contributed by atoms with Gasteiger partial charge in [-0.1, -0.05) is 214 Å². The average Bonchev–Trinajstić information content (AvgIpc) is 3.29. The van der Waals surface area contributed by atoms with Crippen molar-refractivity contribution in [1.82, 2.24) is 9.97 Å². The molecule has 0 saturated carbocycles. The van der Waals surface area contributed by atoms with E-state index in [1.807, 2.05) is 6.20 Å². The van der Waals surface area contributed by atoms with Gasteiger partial charge in [-0.2, -0.15) is 0 Å². The molecule has 0 bridgehead atoms. The third-order valence-electron chi connectivity index (χ3n) is 11.9. The van der Waals surface area contributed by atoms with Crippen molar-refractivity contribution in [2.75, 3.05) is 0 Å². The summed E-state index contributed by atoms with van der Waals surface area (Å²) in [4.78, 5) is 10.4. The van der Waals surface area contributed by atoms with Crippen LogP contribution in [0.5, 0.6) is 0 Å². The van der Waals surface area contributed by atoms with Crippen molar-refractivity contribution in [2.24, 2.45) is 0 Å². The smallest absolute Gasteiger partial charge is 0.116 e. The highest BCUT2D eigenvalue weighted by Crippen LogP contribution is 2.57. The molecule has 0 saturated heterocycles. The van der Waals surface area contributed by atoms with E-state index < -0.39 is 0 Å². The highest BCUT2D eigenvalue weighted by atomic mass is 32.2. The predicted octanol–water partition coefficient (Wildman–Crippen LogP) is 15.2. The Hall–Kier alpha value is -6.81. The zero-order valence-electron chi connectivity index (χ0n) is 33.4. The molecular formula is C56H42N2S. The lowest BCUT2D eigenvalue weighted by Crippen LogP contribution is -2.25. The first-order valence-electron chi connectivity index (χ1n) is 20.2. The van der Waals surface area contributed by atoms with Crippen LogP contribution in [0.2, 0.25) is 0 Å². The lowest BCUT2D eigenvalue weighted by Gasteiger charge is -2.35. The second-order valence-corrected chi connectivity index (χ2v) is 16.8. The number of nitrogens with zero attached hydrogens (tertiary/aromatic N) is 2. The van der Waals surface area contributed by atoms with Gasteiger partial charge >= 0.3 is 0 Å². The molecule has 0 N–H and O–H groups in total. The summed E-state index contributed by atoms with van der Waals surface area (Å²) in [6, 6.07) is 68.8. The Kier molecular flexibility index (Phi) is 9.39. The molecule has 2 heterocycles. The Balaban J connectivity index is 1.32. The quantitative estimate of drug-likeness (QED) is 0.151. The van der Waals surface area contributed by atoms with Crippen LogP contribution in [-0.4, -0.2) is 9.97 Å². The summed E-state index contributed by atoms with van der Waals surface area (Å²) >= 11 is 1.77. The van der Waals surface area contributed by atoms with E-state index in [0.29, 0.717) is 0 Å². The van der Waals surface area contributed by atoms with Crippen molar-refractivity contribution in [3.63, 3.8) is 0 Å². The largest absolute Gasteiger partial charge is 0.244 e. The van der Waals surface area contributed by atoms with Gasteiger partial charge in [-0.05, 0) is 95.9 Å². The zero-order valence-corrected chi connectivity index (χ0v) is 34.2. The standard InChI is InChI=1S/C56H42N2S/c1-37-29-34-45-54(59-55-46(56(45,2)3)35-57-36-58-55)47(37)43-30-32-44(33-31-43)53-51(41-25-15-7-16-26-41)49(39-21-11-5-12-22-39)48(38-19-9-4-10-20-38)50(40-23-13-6-14-24-40)52(53)42-27-17-8-18-28-42/h4-36H,1-3H3. The van der Waals surface area contributed by atoms with E-state index in [0.717, 1.165) is 10.6 Å². The van der Waals surface area contributed by atoms with E-state index in [4.69, 9.17) is 4.98 Å². The van der Waals surface area contributed by atoms with Gasteiger partial charge in [0.1, 0.15) is 11.4 Å². The third kappa shape index (κ3) is 6.39. The molecule has 2 nitrogen and oxygen atoms in total. The zero-order chi connectivity index (χ0) is 39.9. The predicted molar refractivity (Wildman–Crippen MR) is 248 cm³/mol. The molecule has 10 rings (SSSR count). The summed E-state index contributed by atoms with van der Waals surface area (Å²) in [5, 5.41) is 1.03. The molecule has 9 aromatic rings. The first-order valence-corrected chi connectivity index (χ1v) is 21.0. The Morgan fingerprint density at radius 2 is 0.712 bits per heavy atom. The Morgan fingerprint density at radius 3 is 1.08 bits per heavy atom. The van der Waals surface area contributed by atoms with Gasteiger partial charge in [0.15, 0.2) is 0 Å². The summed E-state index contributed by atoms with van der Waals surface area (Å²) in [5.74, 6) is 0. The van der Waals surface area contributed by atoms with Gasteiger partial charge in [0.2, 0.25) is 0 Å². The fraction of sp³-hybridized carbons (Fsp3) is 0.0714. The van der Waals surface area contributed by atoms with Gasteiger partial charge < -0.3 is 0 Å². The molecule has 59 heavy (non-hydrogen) atoms. The maximum Gasteiger partial charge on any atom is 0.116 e. The molecule has 0 amide bonds. The molecule has 282 valence electrons.